The molecule has 4 nitrogen and oxygen atoms in total. The summed E-state index contributed by atoms with van der Waals surface area (Å²) >= 11 is 0. The van der Waals surface area contributed by atoms with Crippen molar-refractivity contribution in [1.82, 2.24) is 4.57 Å². The summed E-state index contributed by atoms with van der Waals surface area (Å²) < 4.78 is 1.75. The predicted molar refractivity (Wildman–Crippen MR) is 82.8 cm³/mol. The number of aryl methyl sites for hydroxylation is 1. The fourth-order valence-electron chi connectivity index (χ4n) is 2.17. The van der Waals surface area contributed by atoms with E-state index in [1.807, 2.05) is 31.2 Å². The molecule has 1 amide bonds. The number of carbonyl (C=O) groups excluding carboxylic acids is 2. The van der Waals surface area contributed by atoms with Gasteiger partial charge >= 0.3 is 0 Å². The van der Waals surface area contributed by atoms with Gasteiger partial charge in [0.05, 0.1) is 12.1 Å². The van der Waals surface area contributed by atoms with Crippen LogP contribution in [0.3, 0.4) is 0 Å². The lowest BCUT2D eigenvalue weighted by Gasteiger charge is -2.12. The fourth-order valence-corrected chi connectivity index (χ4v) is 2.17. The maximum atomic E-state index is 12.4. The number of nitrogens with two attached hydrogens (primary N) is 1. The monoisotopic (exact) mass is 284 g/mol. The van der Waals surface area contributed by atoms with Crippen LogP contribution in [-0.2, 0) is 11.3 Å². The van der Waals surface area contributed by atoms with Gasteiger partial charge in [-0.05, 0) is 13.0 Å². The molecule has 0 bridgehead atoms. The smallest absolute Gasteiger partial charge is 0.250 e. The van der Waals surface area contributed by atoms with Gasteiger partial charge in [-0.25, -0.2) is 0 Å². The first kappa shape index (κ1) is 15.0. The molecule has 21 heavy (non-hydrogen) atoms. The Morgan fingerprint density at radius 2 is 2.00 bits per heavy atom. The Kier molecular flexibility index (Phi) is 3.98. The van der Waals surface area contributed by atoms with E-state index in [1.165, 1.54) is 0 Å². The van der Waals surface area contributed by atoms with Crippen LogP contribution in [0.4, 0.5) is 0 Å². The van der Waals surface area contributed by atoms with Crippen molar-refractivity contribution in [2.45, 2.75) is 27.3 Å². The molecular weight excluding hydrogens is 264 g/mol. The Morgan fingerprint density at radius 3 is 2.62 bits per heavy atom. The quantitative estimate of drug-likeness (QED) is 0.923. The predicted octanol–water partition coefficient (Wildman–Crippen LogP) is 2.54. The topological polar surface area (TPSA) is 65.1 Å². The van der Waals surface area contributed by atoms with E-state index >= 15 is 0 Å². The number of Topliss-reactive ketones (excluding diaryl/α,β-unsaturated/α-hetero) is 1. The summed E-state index contributed by atoms with van der Waals surface area (Å²) in [5, 5.41) is 0. The zero-order valence-corrected chi connectivity index (χ0v) is 12.6. The number of ketones is 1. The molecule has 1 aromatic rings. The molecule has 0 unspecified atom stereocenters. The molecule has 2 rings (SSSR count). The molecule has 0 radical (unpaired) electrons. The van der Waals surface area contributed by atoms with E-state index in [0.29, 0.717) is 11.1 Å². The van der Waals surface area contributed by atoms with Gasteiger partial charge in [-0.3, -0.25) is 9.59 Å². The third kappa shape index (κ3) is 3.60. The molecule has 0 spiro atoms. The standard InChI is InChI=1S/C17H20N2O2/c1-12-9-14(16(18)21)10-19(12)11-15(20)13-5-4-7-17(2,3)8-6-13/h4-10H,11H2,1-3H3,(H2,18,21). The van der Waals surface area contributed by atoms with Crippen molar-refractivity contribution in [3.05, 3.63) is 59.5 Å². The molecule has 0 aromatic carbocycles. The first-order valence-electron chi connectivity index (χ1n) is 6.87. The maximum absolute atomic E-state index is 12.4. The lowest BCUT2D eigenvalue weighted by Crippen LogP contribution is -2.13. The number of hydrogen-bond acceptors (Lipinski definition) is 2. The minimum Gasteiger partial charge on any atom is -0.366 e. The average molecular weight is 284 g/mol. The minimum atomic E-state index is -0.484. The number of hydrogen-bond donors (Lipinski definition) is 1. The maximum Gasteiger partial charge on any atom is 0.250 e. The number of aromatic nitrogens is 1. The van der Waals surface area contributed by atoms with Crippen molar-refractivity contribution in [3.63, 3.8) is 0 Å². The van der Waals surface area contributed by atoms with Crippen molar-refractivity contribution < 1.29 is 9.59 Å². The van der Waals surface area contributed by atoms with Gasteiger partial charge in [0.2, 0.25) is 5.91 Å². The third-order valence-electron chi connectivity index (χ3n) is 3.53. The SMILES string of the molecule is Cc1cc(C(N)=O)cn1CC(=O)C1=CC=CC(C)(C)C=C1. The molecule has 1 aliphatic rings. The van der Waals surface area contributed by atoms with E-state index in [9.17, 15) is 9.59 Å². The van der Waals surface area contributed by atoms with E-state index in [4.69, 9.17) is 5.73 Å². The minimum absolute atomic E-state index is 0.00307. The van der Waals surface area contributed by atoms with Gasteiger partial charge in [0, 0.05) is 22.9 Å². The first-order valence-corrected chi connectivity index (χ1v) is 6.87. The number of allylic oxidation sites excluding steroid dienone is 6. The van der Waals surface area contributed by atoms with Crippen molar-refractivity contribution in [3.8, 4) is 0 Å². The molecular formula is C17H20N2O2. The van der Waals surface area contributed by atoms with E-state index in [0.717, 1.165) is 5.69 Å². The average Bonchev–Trinajstić information content (AvgIpc) is 2.64. The van der Waals surface area contributed by atoms with Crippen LogP contribution in [-0.4, -0.2) is 16.3 Å². The van der Waals surface area contributed by atoms with Crippen molar-refractivity contribution in [1.29, 1.82) is 0 Å². The molecule has 1 aliphatic carbocycles. The van der Waals surface area contributed by atoms with Gasteiger partial charge in [0.1, 0.15) is 0 Å². The highest BCUT2D eigenvalue weighted by molar-refractivity contribution is 5.98. The van der Waals surface area contributed by atoms with Crippen LogP contribution in [0.15, 0.2) is 48.2 Å². The van der Waals surface area contributed by atoms with Crippen LogP contribution in [0.2, 0.25) is 0 Å². The molecule has 0 atom stereocenters. The second-order valence-electron chi connectivity index (χ2n) is 5.92. The Balaban J connectivity index is 2.17. The number of amides is 1. The van der Waals surface area contributed by atoms with Crippen molar-refractivity contribution >= 4 is 11.7 Å². The molecule has 0 saturated carbocycles. The largest absolute Gasteiger partial charge is 0.366 e. The summed E-state index contributed by atoms with van der Waals surface area (Å²) in [6.07, 6.45) is 11.3. The van der Waals surface area contributed by atoms with E-state index in [2.05, 4.69) is 19.9 Å². The van der Waals surface area contributed by atoms with Gasteiger partial charge in [-0.15, -0.1) is 0 Å². The summed E-state index contributed by atoms with van der Waals surface area (Å²) in [4.78, 5) is 23.5. The lowest BCUT2D eigenvalue weighted by atomic mass is 9.93. The van der Waals surface area contributed by atoms with Gasteiger partial charge < -0.3 is 10.3 Å². The van der Waals surface area contributed by atoms with E-state index < -0.39 is 5.91 Å². The summed E-state index contributed by atoms with van der Waals surface area (Å²) in [6.45, 7) is 6.20. The Bertz CT molecular complexity index is 673. The first-order chi connectivity index (χ1) is 9.78. The molecule has 1 heterocycles. The second-order valence-corrected chi connectivity index (χ2v) is 5.92. The molecule has 110 valence electrons. The van der Waals surface area contributed by atoms with Crippen LogP contribution in [0.1, 0.15) is 29.9 Å². The summed E-state index contributed by atoms with van der Waals surface area (Å²) in [6, 6.07) is 1.69. The zero-order valence-electron chi connectivity index (χ0n) is 12.6. The molecule has 2 N–H and O–H groups in total. The lowest BCUT2D eigenvalue weighted by molar-refractivity contribution is -0.115. The molecule has 0 saturated heterocycles. The van der Waals surface area contributed by atoms with Gasteiger partial charge in [0.15, 0.2) is 5.78 Å². The normalized spacial score (nSPS) is 16.4. The van der Waals surface area contributed by atoms with Crippen LogP contribution in [0, 0.1) is 12.3 Å². The Hall–Kier alpha value is -2.36. The Morgan fingerprint density at radius 1 is 1.29 bits per heavy atom. The van der Waals surface area contributed by atoms with E-state index in [1.54, 1.807) is 16.8 Å². The summed E-state index contributed by atoms with van der Waals surface area (Å²) in [5.41, 5.74) is 7.12. The highest BCUT2D eigenvalue weighted by Crippen LogP contribution is 2.23. The summed E-state index contributed by atoms with van der Waals surface area (Å²) in [7, 11) is 0. The van der Waals surface area contributed by atoms with E-state index in [-0.39, 0.29) is 17.7 Å². The number of rotatable bonds is 4. The van der Waals surface area contributed by atoms with Gasteiger partial charge in [-0.1, -0.05) is 44.2 Å². The highest BCUT2D eigenvalue weighted by atomic mass is 16.1. The van der Waals surface area contributed by atoms with Crippen LogP contribution < -0.4 is 5.73 Å². The third-order valence-corrected chi connectivity index (χ3v) is 3.53. The molecule has 0 aliphatic heterocycles. The zero-order chi connectivity index (χ0) is 15.6. The van der Waals surface area contributed by atoms with Crippen LogP contribution in [0.25, 0.3) is 0 Å². The highest BCUT2D eigenvalue weighted by Gasteiger charge is 2.15. The van der Waals surface area contributed by atoms with Gasteiger partial charge in [-0.2, -0.15) is 0 Å². The number of carbonyl (C=O) groups is 2. The molecule has 0 fully saturated rings. The second kappa shape index (κ2) is 5.56. The molecule has 1 aromatic heterocycles. The summed E-state index contributed by atoms with van der Waals surface area (Å²) in [5.74, 6) is -0.481. The van der Waals surface area contributed by atoms with Gasteiger partial charge in [0.25, 0.3) is 0 Å². The Labute approximate surface area is 124 Å². The van der Waals surface area contributed by atoms with Crippen LogP contribution in [0.5, 0.6) is 0 Å². The number of primary amides is 1. The van der Waals surface area contributed by atoms with Crippen molar-refractivity contribution in [2.75, 3.05) is 0 Å². The van der Waals surface area contributed by atoms with Crippen molar-refractivity contribution in [2.24, 2.45) is 11.1 Å². The fraction of sp³-hybridized carbons (Fsp3) is 0.294. The number of nitrogens with zero attached hydrogens (tertiary/aromatic N) is 1. The molecule has 4 heteroatoms. The van der Waals surface area contributed by atoms with Crippen LogP contribution >= 0.6 is 0 Å².